The van der Waals surface area contributed by atoms with Gasteiger partial charge in [0.1, 0.15) is 44.0 Å². The minimum absolute atomic E-state index is 0.153. The fraction of sp³-hybridized carbons (Fsp3) is 0.250. The molecule has 0 bridgehead atoms. The van der Waals surface area contributed by atoms with Gasteiger partial charge in [-0.05, 0) is 65.9 Å². The Bertz CT molecular complexity index is 1670. The van der Waals surface area contributed by atoms with Gasteiger partial charge in [-0.1, -0.05) is 24.3 Å². The number of aliphatic carboxylic acids is 1. The smallest absolute Gasteiger partial charge is 0.305 e. The van der Waals surface area contributed by atoms with Gasteiger partial charge in [-0.2, -0.15) is 5.26 Å². The van der Waals surface area contributed by atoms with Gasteiger partial charge < -0.3 is 34.9 Å². The van der Waals surface area contributed by atoms with Gasteiger partial charge in [0, 0.05) is 36.1 Å². The molecule has 10 nitrogen and oxygen atoms in total. The molecule has 0 amide bonds. The number of nitriles is 1. The molecule has 10 heteroatoms. The Morgan fingerprint density at radius 1 is 1.02 bits per heavy atom. The standard InChI is InChI=1S/C31H29N3O4.C3H6O3.C2H4/c1-20-10-26(13-30(28(20)15-33)38-18-23-11-22(14-32)16-34-17-23)37-19-25-4-3-5-27(21(25)2)24-6-7-29-31(12-24)36-9-8-35-29;4-2-1-3(5)6;1-2/h3-7,10-13,16-17H,8-9,15,18-19,33H2,1-2H3;4H,1-2H2,(H,5,6);1-2H2. The van der Waals surface area contributed by atoms with Gasteiger partial charge in [-0.25, -0.2) is 0 Å². The number of carboxylic acids is 1. The van der Waals surface area contributed by atoms with E-state index in [0.29, 0.717) is 43.4 Å². The minimum atomic E-state index is -0.961. The van der Waals surface area contributed by atoms with Crippen molar-refractivity contribution < 1.29 is 34.0 Å². The van der Waals surface area contributed by atoms with Crippen LogP contribution in [0.15, 0.2) is 80.1 Å². The molecule has 0 fully saturated rings. The molecule has 5 rings (SSSR count). The number of pyridine rings is 1. The minimum Gasteiger partial charge on any atom is -0.489 e. The van der Waals surface area contributed by atoms with Crippen LogP contribution in [0.3, 0.4) is 0 Å². The number of hydrogen-bond acceptors (Lipinski definition) is 9. The number of ether oxygens (including phenoxy) is 4. The van der Waals surface area contributed by atoms with E-state index in [1.807, 2.05) is 37.3 Å². The van der Waals surface area contributed by atoms with Crippen molar-refractivity contribution in [2.24, 2.45) is 5.73 Å². The number of fused-ring (bicyclic) bond motifs is 1. The topological polar surface area (TPSA) is 157 Å². The molecule has 0 aliphatic carbocycles. The Kier molecular flexibility index (Phi) is 13.6. The van der Waals surface area contributed by atoms with Gasteiger partial charge in [0.15, 0.2) is 11.5 Å². The fourth-order valence-electron chi connectivity index (χ4n) is 4.64. The van der Waals surface area contributed by atoms with Gasteiger partial charge in [-0.3, -0.25) is 9.78 Å². The van der Waals surface area contributed by atoms with Gasteiger partial charge in [0.25, 0.3) is 0 Å². The maximum Gasteiger partial charge on any atom is 0.305 e. The second kappa shape index (κ2) is 17.8. The van der Waals surface area contributed by atoms with Gasteiger partial charge in [0.05, 0.1) is 18.6 Å². The molecule has 3 aromatic carbocycles. The first-order valence-corrected chi connectivity index (χ1v) is 14.6. The average molecular weight is 626 g/mol. The van der Waals surface area contributed by atoms with Crippen LogP contribution in [-0.4, -0.2) is 41.0 Å². The van der Waals surface area contributed by atoms with Crippen molar-refractivity contribution >= 4 is 5.97 Å². The van der Waals surface area contributed by atoms with Crippen LogP contribution in [0.25, 0.3) is 11.1 Å². The molecule has 0 unspecified atom stereocenters. The van der Waals surface area contributed by atoms with Crippen LogP contribution in [0, 0.1) is 25.2 Å². The van der Waals surface area contributed by atoms with Crippen molar-refractivity contribution in [3.05, 3.63) is 114 Å². The van der Waals surface area contributed by atoms with Gasteiger partial charge in [0.2, 0.25) is 0 Å². The summed E-state index contributed by atoms with van der Waals surface area (Å²) in [4.78, 5) is 13.5. The summed E-state index contributed by atoms with van der Waals surface area (Å²) in [7, 11) is 0. The number of rotatable bonds is 10. The number of nitrogens with zero attached hydrogens (tertiary/aromatic N) is 2. The molecule has 1 aromatic heterocycles. The zero-order chi connectivity index (χ0) is 33.5. The molecule has 0 radical (unpaired) electrons. The molecule has 0 spiro atoms. The average Bonchev–Trinajstić information content (AvgIpc) is 3.07. The van der Waals surface area contributed by atoms with Crippen LogP contribution in [0.5, 0.6) is 23.0 Å². The third-order valence-corrected chi connectivity index (χ3v) is 6.95. The molecule has 0 saturated carbocycles. The Balaban J connectivity index is 0.000000648. The first-order valence-electron chi connectivity index (χ1n) is 14.6. The van der Waals surface area contributed by atoms with Gasteiger partial charge >= 0.3 is 5.97 Å². The second-order valence-electron chi connectivity index (χ2n) is 10.0. The van der Waals surface area contributed by atoms with Crippen LogP contribution < -0.4 is 24.7 Å². The van der Waals surface area contributed by atoms with Crippen LogP contribution in [-0.2, 0) is 24.6 Å². The van der Waals surface area contributed by atoms with Crippen molar-refractivity contribution in [1.82, 2.24) is 4.98 Å². The highest BCUT2D eigenvalue weighted by Gasteiger charge is 2.15. The summed E-state index contributed by atoms with van der Waals surface area (Å²) in [6, 6.07) is 20.0. The first kappa shape index (κ1) is 35.1. The second-order valence-corrected chi connectivity index (χ2v) is 10.0. The molecule has 4 N–H and O–H groups in total. The molecule has 2 heterocycles. The number of aliphatic hydroxyl groups excluding tert-OH is 1. The summed E-state index contributed by atoms with van der Waals surface area (Å²) in [5, 5.41) is 24.7. The number of aliphatic hydroxyl groups is 1. The third kappa shape index (κ3) is 9.56. The van der Waals surface area contributed by atoms with Crippen molar-refractivity contribution in [3.63, 3.8) is 0 Å². The van der Waals surface area contributed by atoms with Crippen LogP contribution in [0.2, 0.25) is 0 Å². The van der Waals surface area contributed by atoms with E-state index in [2.05, 4.69) is 49.3 Å². The third-order valence-electron chi connectivity index (χ3n) is 6.95. The van der Waals surface area contributed by atoms with E-state index in [-0.39, 0.29) is 19.6 Å². The van der Waals surface area contributed by atoms with E-state index in [4.69, 9.17) is 40.2 Å². The number of hydrogen-bond donors (Lipinski definition) is 3. The van der Waals surface area contributed by atoms with Crippen molar-refractivity contribution in [3.8, 4) is 40.2 Å². The maximum absolute atomic E-state index is 9.44. The van der Waals surface area contributed by atoms with E-state index in [1.165, 1.54) is 6.20 Å². The fourth-order valence-corrected chi connectivity index (χ4v) is 4.64. The molecule has 1 aliphatic heterocycles. The molecule has 46 heavy (non-hydrogen) atoms. The van der Waals surface area contributed by atoms with Gasteiger partial charge in [-0.15, -0.1) is 13.2 Å². The summed E-state index contributed by atoms with van der Waals surface area (Å²) in [5.41, 5.74) is 13.6. The lowest BCUT2D eigenvalue weighted by Crippen LogP contribution is -2.15. The highest BCUT2D eigenvalue weighted by Crippen LogP contribution is 2.36. The van der Waals surface area contributed by atoms with E-state index in [0.717, 1.165) is 50.4 Å². The summed E-state index contributed by atoms with van der Waals surface area (Å²) in [6.45, 7) is 12.0. The summed E-state index contributed by atoms with van der Waals surface area (Å²) in [6.07, 6.45) is 3.06. The predicted octanol–water partition coefficient (Wildman–Crippen LogP) is 5.88. The highest BCUT2D eigenvalue weighted by atomic mass is 16.6. The SMILES string of the molecule is C=C.Cc1cc(OCc2cccc(-c3ccc4c(c3)OCCO4)c2C)cc(OCc2cncc(C#N)c2)c1CN.O=C(O)CCO. The maximum atomic E-state index is 9.44. The zero-order valence-corrected chi connectivity index (χ0v) is 26.1. The lowest BCUT2D eigenvalue weighted by atomic mass is 9.96. The van der Waals surface area contributed by atoms with Crippen molar-refractivity contribution in [2.75, 3.05) is 19.8 Å². The zero-order valence-electron chi connectivity index (χ0n) is 26.1. The number of aromatic nitrogens is 1. The number of aryl methyl sites for hydroxylation is 1. The Morgan fingerprint density at radius 3 is 2.46 bits per heavy atom. The van der Waals surface area contributed by atoms with Crippen molar-refractivity contribution in [1.29, 1.82) is 5.26 Å². The lowest BCUT2D eigenvalue weighted by molar-refractivity contribution is -0.137. The molecule has 4 aromatic rings. The Morgan fingerprint density at radius 2 is 1.78 bits per heavy atom. The predicted molar refractivity (Wildman–Crippen MR) is 175 cm³/mol. The summed E-state index contributed by atoms with van der Waals surface area (Å²) >= 11 is 0. The molecular formula is C36H39N3O7. The molecule has 0 saturated heterocycles. The highest BCUT2D eigenvalue weighted by molar-refractivity contribution is 5.71. The van der Waals surface area contributed by atoms with E-state index in [1.54, 1.807) is 12.3 Å². The molecule has 240 valence electrons. The van der Waals surface area contributed by atoms with E-state index >= 15 is 0 Å². The van der Waals surface area contributed by atoms with Crippen molar-refractivity contribution in [2.45, 2.75) is 40.0 Å². The summed E-state index contributed by atoms with van der Waals surface area (Å²) < 4.78 is 23.8. The monoisotopic (exact) mass is 625 g/mol. The van der Waals surface area contributed by atoms with Crippen LogP contribution in [0.1, 0.15) is 39.8 Å². The lowest BCUT2D eigenvalue weighted by Gasteiger charge is -2.20. The molecule has 1 aliphatic rings. The van der Waals surface area contributed by atoms with E-state index < -0.39 is 5.97 Å². The largest absolute Gasteiger partial charge is 0.489 e. The van der Waals surface area contributed by atoms with Crippen LogP contribution >= 0.6 is 0 Å². The number of nitrogens with two attached hydrogens (primary N) is 1. The number of carbonyl (C=O) groups is 1. The van der Waals surface area contributed by atoms with Crippen LogP contribution in [0.4, 0.5) is 0 Å². The molecular weight excluding hydrogens is 586 g/mol. The normalized spacial score (nSPS) is 11.1. The quantitative estimate of drug-likeness (QED) is 0.182. The Hall–Kier alpha value is -5.37. The summed E-state index contributed by atoms with van der Waals surface area (Å²) in [5.74, 6) is 1.94. The number of carboxylic acid groups (broad SMARTS) is 1. The van der Waals surface area contributed by atoms with E-state index in [9.17, 15) is 4.79 Å². The Labute approximate surface area is 269 Å². The first-order chi connectivity index (χ1) is 22.3. The number of benzene rings is 3. The molecule has 0 atom stereocenters.